The van der Waals surface area contributed by atoms with Crippen molar-refractivity contribution in [2.45, 2.75) is 25.7 Å². The lowest BCUT2D eigenvalue weighted by Gasteiger charge is -2.23. The summed E-state index contributed by atoms with van der Waals surface area (Å²) in [6, 6.07) is 5.29. The summed E-state index contributed by atoms with van der Waals surface area (Å²) in [6.45, 7) is 2.00. The lowest BCUT2D eigenvalue weighted by Crippen LogP contribution is -2.27. The zero-order chi connectivity index (χ0) is 16.2. The number of hydrogen-bond acceptors (Lipinski definition) is 4. The Morgan fingerprint density at radius 3 is 2.65 bits per heavy atom. The van der Waals surface area contributed by atoms with Crippen molar-refractivity contribution in [3.63, 3.8) is 0 Å². The number of hydrogen-bond donors (Lipinski definition) is 1. The SMILES string of the molecule is Cn1ncc(NC(=O)c2cccc(Br)n2)c1N1CCCCCC1. The van der Waals surface area contributed by atoms with Gasteiger partial charge in [-0.15, -0.1) is 0 Å². The van der Waals surface area contributed by atoms with E-state index in [-0.39, 0.29) is 5.91 Å². The first-order valence-corrected chi connectivity index (χ1v) is 8.65. The predicted octanol–water partition coefficient (Wildman–Crippen LogP) is 3.21. The normalized spacial score (nSPS) is 15.3. The van der Waals surface area contributed by atoms with Gasteiger partial charge in [0.15, 0.2) is 5.82 Å². The summed E-state index contributed by atoms with van der Waals surface area (Å²) < 4.78 is 2.47. The number of carbonyl (C=O) groups is 1. The third-order valence-corrected chi connectivity index (χ3v) is 4.45. The molecule has 2 aromatic heterocycles. The van der Waals surface area contributed by atoms with Crippen molar-refractivity contribution >= 4 is 33.3 Å². The van der Waals surface area contributed by atoms with Crippen LogP contribution in [0.15, 0.2) is 29.0 Å². The molecule has 2 aromatic rings. The molecule has 0 bridgehead atoms. The van der Waals surface area contributed by atoms with E-state index in [2.05, 4.69) is 36.2 Å². The number of halogens is 1. The predicted molar refractivity (Wildman–Crippen MR) is 93.8 cm³/mol. The van der Waals surface area contributed by atoms with Gasteiger partial charge in [-0.3, -0.25) is 9.48 Å². The van der Waals surface area contributed by atoms with Crippen molar-refractivity contribution in [3.8, 4) is 0 Å². The zero-order valence-corrected chi connectivity index (χ0v) is 14.7. The summed E-state index contributed by atoms with van der Waals surface area (Å²) in [5.41, 5.74) is 1.12. The molecule has 7 heteroatoms. The Bertz CT molecular complexity index is 692. The Hall–Kier alpha value is -1.89. The molecule has 1 fully saturated rings. The van der Waals surface area contributed by atoms with Crippen LogP contribution in [0.4, 0.5) is 11.5 Å². The molecule has 23 heavy (non-hydrogen) atoms. The average molecular weight is 378 g/mol. The minimum Gasteiger partial charge on any atom is -0.355 e. The molecule has 1 saturated heterocycles. The van der Waals surface area contributed by atoms with Gasteiger partial charge in [-0.1, -0.05) is 18.9 Å². The number of carbonyl (C=O) groups excluding carboxylic acids is 1. The van der Waals surface area contributed by atoms with Gasteiger partial charge in [-0.2, -0.15) is 5.10 Å². The molecule has 0 saturated carbocycles. The molecule has 0 aliphatic carbocycles. The van der Waals surface area contributed by atoms with Crippen LogP contribution in [0.25, 0.3) is 0 Å². The number of anilines is 2. The van der Waals surface area contributed by atoms with E-state index >= 15 is 0 Å². The molecule has 0 spiro atoms. The molecular formula is C16H20BrN5O. The van der Waals surface area contributed by atoms with Crippen molar-refractivity contribution in [2.24, 2.45) is 7.05 Å². The van der Waals surface area contributed by atoms with E-state index in [1.807, 2.05) is 11.7 Å². The number of aryl methyl sites for hydroxylation is 1. The highest BCUT2D eigenvalue weighted by molar-refractivity contribution is 9.10. The van der Waals surface area contributed by atoms with Crippen LogP contribution in [0.5, 0.6) is 0 Å². The van der Waals surface area contributed by atoms with Crippen LogP contribution in [0.3, 0.4) is 0 Å². The first kappa shape index (κ1) is 16.0. The fourth-order valence-corrected chi connectivity index (χ4v) is 3.24. The maximum Gasteiger partial charge on any atom is 0.274 e. The Labute approximate surface area is 144 Å². The second kappa shape index (κ2) is 7.12. The number of pyridine rings is 1. The maximum absolute atomic E-state index is 12.4. The van der Waals surface area contributed by atoms with E-state index in [1.54, 1.807) is 24.4 Å². The molecule has 0 atom stereocenters. The fraction of sp³-hybridized carbons (Fsp3) is 0.438. The number of nitrogens with zero attached hydrogens (tertiary/aromatic N) is 4. The largest absolute Gasteiger partial charge is 0.355 e. The van der Waals surface area contributed by atoms with Gasteiger partial charge in [-0.25, -0.2) is 4.98 Å². The number of rotatable bonds is 3. The van der Waals surface area contributed by atoms with Crippen molar-refractivity contribution in [2.75, 3.05) is 23.3 Å². The molecule has 1 aliphatic rings. The van der Waals surface area contributed by atoms with E-state index < -0.39 is 0 Å². The van der Waals surface area contributed by atoms with E-state index in [0.717, 1.165) is 24.6 Å². The van der Waals surface area contributed by atoms with Gasteiger partial charge in [0.2, 0.25) is 0 Å². The second-order valence-corrected chi connectivity index (χ2v) is 6.52. The number of amides is 1. The van der Waals surface area contributed by atoms with Crippen LogP contribution in [-0.4, -0.2) is 33.8 Å². The van der Waals surface area contributed by atoms with Crippen LogP contribution in [0.1, 0.15) is 36.2 Å². The summed E-state index contributed by atoms with van der Waals surface area (Å²) in [7, 11) is 1.91. The standard InChI is InChI=1S/C16H20BrN5O/c1-21-16(22-9-4-2-3-5-10-22)13(11-18-21)20-15(23)12-7-6-8-14(17)19-12/h6-8,11H,2-5,9-10H2,1H3,(H,20,23). The Morgan fingerprint density at radius 2 is 1.96 bits per heavy atom. The average Bonchev–Trinajstić information content (AvgIpc) is 2.75. The maximum atomic E-state index is 12.4. The van der Waals surface area contributed by atoms with Crippen molar-refractivity contribution in [1.29, 1.82) is 0 Å². The van der Waals surface area contributed by atoms with Crippen LogP contribution in [-0.2, 0) is 7.05 Å². The molecule has 0 unspecified atom stereocenters. The Kier molecular flexibility index (Phi) is 4.95. The summed E-state index contributed by atoms with van der Waals surface area (Å²) in [5.74, 6) is 0.741. The molecule has 0 radical (unpaired) electrons. The van der Waals surface area contributed by atoms with Crippen LogP contribution in [0, 0.1) is 0 Å². The first-order chi connectivity index (χ1) is 11.1. The van der Waals surface area contributed by atoms with E-state index in [4.69, 9.17) is 0 Å². The van der Waals surface area contributed by atoms with Crippen LogP contribution in [0.2, 0.25) is 0 Å². The van der Waals surface area contributed by atoms with Gasteiger partial charge in [0.25, 0.3) is 5.91 Å². The fourth-order valence-electron chi connectivity index (χ4n) is 2.90. The highest BCUT2D eigenvalue weighted by atomic mass is 79.9. The van der Waals surface area contributed by atoms with Gasteiger partial charge in [0.1, 0.15) is 16.0 Å². The van der Waals surface area contributed by atoms with E-state index in [1.165, 1.54) is 25.7 Å². The molecule has 3 heterocycles. The minimum atomic E-state index is -0.227. The first-order valence-electron chi connectivity index (χ1n) is 7.86. The summed E-state index contributed by atoms with van der Waals surface area (Å²) in [5, 5.41) is 7.26. The van der Waals surface area contributed by atoms with Crippen LogP contribution >= 0.6 is 15.9 Å². The molecule has 6 nitrogen and oxygen atoms in total. The molecular weight excluding hydrogens is 358 g/mol. The van der Waals surface area contributed by atoms with Crippen molar-refractivity contribution in [3.05, 3.63) is 34.7 Å². The van der Waals surface area contributed by atoms with Gasteiger partial charge >= 0.3 is 0 Å². The third kappa shape index (κ3) is 3.72. The summed E-state index contributed by atoms with van der Waals surface area (Å²) in [4.78, 5) is 18.9. The van der Waals surface area contributed by atoms with Gasteiger partial charge < -0.3 is 10.2 Å². The topological polar surface area (TPSA) is 63.1 Å². The van der Waals surface area contributed by atoms with Crippen molar-refractivity contribution in [1.82, 2.24) is 14.8 Å². The van der Waals surface area contributed by atoms with Gasteiger partial charge in [-0.05, 0) is 40.9 Å². The number of nitrogens with one attached hydrogen (secondary N) is 1. The second-order valence-electron chi connectivity index (χ2n) is 5.71. The smallest absolute Gasteiger partial charge is 0.274 e. The van der Waals surface area contributed by atoms with Crippen LogP contribution < -0.4 is 10.2 Å². The highest BCUT2D eigenvalue weighted by Crippen LogP contribution is 2.27. The molecule has 0 aromatic carbocycles. The van der Waals surface area contributed by atoms with Gasteiger partial charge in [0.05, 0.1) is 6.20 Å². The number of aromatic nitrogens is 3. The minimum absolute atomic E-state index is 0.227. The lowest BCUT2D eigenvalue weighted by molar-refractivity contribution is 0.102. The summed E-state index contributed by atoms with van der Waals surface area (Å²) in [6.07, 6.45) is 6.57. The van der Waals surface area contributed by atoms with E-state index in [0.29, 0.717) is 10.3 Å². The lowest BCUT2D eigenvalue weighted by atomic mass is 10.2. The quantitative estimate of drug-likeness (QED) is 0.834. The highest BCUT2D eigenvalue weighted by Gasteiger charge is 2.20. The molecule has 1 amide bonds. The molecule has 1 aliphatic heterocycles. The molecule has 3 rings (SSSR count). The van der Waals surface area contributed by atoms with Gasteiger partial charge in [0, 0.05) is 20.1 Å². The van der Waals surface area contributed by atoms with Crippen molar-refractivity contribution < 1.29 is 4.79 Å². The monoisotopic (exact) mass is 377 g/mol. The van der Waals surface area contributed by atoms with E-state index in [9.17, 15) is 4.79 Å². The molecule has 1 N–H and O–H groups in total. The Balaban J connectivity index is 1.82. The third-order valence-electron chi connectivity index (χ3n) is 4.01. The summed E-state index contributed by atoms with van der Waals surface area (Å²) >= 11 is 3.29. The Morgan fingerprint density at radius 1 is 1.22 bits per heavy atom. The molecule has 122 valence electrons. The zero-order valence-electron chi connectivity index (χ0n) is 13.1.